The molecule has 0 saturated carbocycles. The fourth-order valence-corrected chi connectivity index (χ4v) is 3.03. The van der Waals surface area contributed by atoms with Crippen molar-refractivity contribution in [3.05, 3.63) is 30.7 Å². The summed E-state index contributed by atoms with van der Waals surface area (Å²) in [5.41, 5.74) is 7.79. The number of thioether (sulfide) groups is 1. The minimum atomic E-state index is 0.708. The highest BCUT2D eigenvalue weighted by molar-refractivity contribution is 7.99. The van der Waals surface area contributed by atoms with Gasteiger partial charge in [-0.05, 0) is 18.6 Å². The average molecular weight is 284 g/mol. The molecule has 0 saturated heterocycles. The summed E-state index contributed by atoms with van der Waals surface area (Å²) < 4.78 is 0. The second-order valence-corrected chi connectivity index (χ2v) is 5.74. The van der Waals surface area contributed by atoms with Crippen LogP contribution in [0.25, 0.3) is 21.7 Å². The van der Waals surface area contributed by atoms with Crippen molar-refractivity contribution in [2.24, 2.45) is 0 Å². The molecular formula is C15H16N4S. The van der Waals surface area contributed by atoms with Crippen LogP contribution < -0.4 is 5.73 Å². The molecule has 0 spiro atoms. The molecule has 0 fully saturated rings. The van der Waals surface area contributed by atoms with Crippen LogP contribution in [0, 0.1) is 0 Å². The van der Waals surface area contributed by atoms with Gasteiger partial charge in [-0.1, -0.05) is 25.1 Å². The van der Waals surface area contributed by atoms with Crippen molar-refractivity contribution >= 4 is 39.1 Å². The van der Waals surface area contributed by atoms with Crippen molar-refractivity contribution in [2.45, 2.75) is 24.9 Å². The van der Waals surface area contributed by atoms with Crippen molar-refractivity contribution in [3.63, 3.8) is 0 Å². The summed E-state index contributed by atoms with van der Waals surface area (Å²) in [6.07, 6.45) is 7.77. The number of hydrogen-bond acceptors (Lipinski definition) is 5. The topological polar surface area (TPSA) is 64.7 Å². The third-order valence-corrected chi connectivity index (χ3v) is 4.18. The van der Waals surface area contributed by atoms with Gasteiger partial charge in [0.15, 0.2) is 5.16 Å². The summed E-state index contributed by atoms with van der Waals surface area (Å²) in [4.78, 5) is 13.1. The number of nitrogens with zero attached hydrogens (tertiary/aromatic N) is 3. The molecule has 5 heteroatoms. The van der Waals surface area contributed by atoms with Crippen LogP contribution in [0.5, 0.6) is 0 Å². The van der Waals surface area contributed by atoms with E-state index in [1.807, 2.05) is 24.5 Å². The van der Waals surface area contributed by atoms with E-state index in [0.717, 1.165) is 32.6 Å². The SMILES string of the molecule is CCCCSc1ncc2cc3cnccc3c(N)c2n1. The van der Waals surface area contributed by atoms with E-state index in [0.29, 0.717) is 5.69 Å². The molecule has 1 aromatic carbocycles. The van der Waals surface area contributed by atoms with Crippen LogP contribution >= 0.6 is 11.8 Å². The largest absolute Gasteiger partial charge is 0.396 e. The van der Waals surface area contributed by atoms with Gasteiger partial charge in [0.25, 0.3) is 0 Å². The van der Waals surface area contributed by atoms with Gasteiger partial charge in [-0.3, -0.25) is 4.98 Å². The molecule has 3 aromatic rings. The molecule has 20 heavy (non-hydrogen) atoms. The van der Waals surface area contributed by atoms with E-state index in [4.69, 9.17) is 5.73 Å². The average Bonchev–Trinajstić information content (AvgIpc) is 2.48. The smallest absolute Gasteiger partial charge is 0.188 e. The Kier molecular flexibility index (Phi) is 3.69. The molecule has 3 rings (SSSR count). The molecule has 0 bridgehead atoms. The fourth-order valence-electron chi connectivity index (χ4n) is 2.14. The zero-order valence-electron chi connectivity index (χ0n) is 11.3. The second-order valence-electron chi connectivity index (χ2n) is 4.68. The van der Waals surface area contributed by atoms with Gasteiger partial charge in [-0.2, -0.15) is 0 Å². The predicted molar refractivity (Wildman–Crippen MR) is 84.9 cm³/mol. The number of pyridine rings is 1. The van der Waals surface area contributed by atoms with Crippen molar-refractivity contribution in [1.29, 1.82) is 0 Å². The van der Waals surface area contributed by atoms with E-state index in [2.05, 4.69) is 21.9 Å². The summed E-state index contributed by atoms with van der Waals surface area (Å²) in [5, 5.41) is 3.78. The number of unbranched alkanes of at least 4 members (excludes halogenated alkanes) is 1. The summed E-state index contributed by atoms with van der Waals surface area (Å²) in [6.45, 7) is 2.18. The minimum Gasteiger partial charge on any atom is -0.396 e. The number of rotatable bonds is 4. The van der Waals surface area contributed by atoms with Crippen LogP contribution in [-0.2, 0) is 0 Å². The molecule has 4 nitrogen and oxygen atoms in total. The highest BCUT2D eigenvalue weighted by atomic mass is 32.2. The van der Waals surface area contributed by atoms with Crippen LogP contribution in [0.4, 0.5) is 5.69 Å². The first-order valence-electron chi connectivity index (χ1n) is 6.71. The quantitative estimate of drug-likeness (QED) is 0.260. The van der Waals surface area contributed by atoms with Crippen molar-refractivity contribution in [3.8, 4) is 0 Å². The first kappa shape index (κ1) is 13.1. The summed E-state index contributed by atoms with van der Waals surface area (Å²) >= 11 is 1.68. The highest BCUT2D eigenvalue weighted by Gasteiger charge is 2.08. The molecule has 0 aliphatic heterocycles. The molecule has 0 unspecified atom stereocenters. The Hall–Kier alpha value is -1.88. The lowest BCUT2D eigenvalue weighted by Gasteiger charge is -2.07. The maximum atomic E-state index is 6.25. The normalized spacial score (nSPS) is 11.2. The Morgan fingerprint density at radius 2 is 2.15 bits per heavy atom. The Morgan fingerprint density at radius 1 is 1.25 bits per heavy atom. The summed E-state index contributed by atoms with van der Waals surface area (Å²) in [7, 11) is 0. The number of hydrogen-bond donors (Lipinski definition) is 1. The summed E-state index contributed by atoms with van der Waals surface area (Å²) in [6, 6.07) is 3.96. The van der Waals surface area contributed by atoms with Crippen molar-refractivity contribution in [1.82, 2.24) is 15.0 Å². The second kappa shape index (κ2) is 5.63. The number of fused-ring (bicyclic) bond motifs is 2. The Labute approximate surface area is 121 Å². The van der Waals surface area contributed by atoms with Gasteiger partial charge in [0.05, 0.1) is 11.2 Å². The highest BCUT2D eigenvalue weighted by Crippen LogP contribution is 2.29. The van der Waals surface area contributed by atoms with Gasteiger partial charge >= 0.3 is 0 Å². The van der Waals surface area contributed by atoms with Crippen molar-refractivity contribution in [2.75, 3.05) is 11.5 Å². The number of nitrogens with two attached hydrogens (primary N) is 1. The zero-order valence-corrected chi connectivity index (χ0v) is 12.2. The first-order valence-corrected chi connectivity index (χ1v) is 7.70. The molecule has 102 valence electrons. The molecule has 0 amide bonds. The standard InChI is InChI=1S/C15H16N4S/c1-2-3-6-20-15-18-9-11-7-10-8-17-5-4-12(10)13(16)14(11)19-15/h4-5,7-9H,2-3,6,16H2,1H3. The lowest BCUT2D eigenvalue weighted by atomic mass is 10.1. The lowest BCUT2D eigenvalue weighted by Crippen LogP contribution is -1.95. The Balaban J connectivity index is 2.08. The Bertz CT molecular complexity index is 757. The van der Waals surface area contributed by atoms with Crippen LogP contribution in [0.3, 0.4) is 0 Å². The molecule has 2 N–H and O–H groups in total. The van der Waals surface area contributed by atoms with Gasteiger partial charge in [0.2, 0.25) is 0 Å². The van der Waals surface area contributed by atoms with Gasteiger partial charge in [0, 0.05) is 40.5 Å². The first-order chi connectivity index (χ1) is 9.79. The van der Waals surface area contributed by atoms with E-state index >= 15 is 0 Å². The maximum Gasteiger partial charge on any atom is 0.188 e. The zero-order chi connectivity index (χ0) is 13.9. The molecular weight excluding hydrogens is 268 g/mol. The molecule has 2 heterocycles. The van der Waals surface area contributed by atoms with Crippen LogP contribution in [0.15, 0.2) is 35.9 Å². The lowest BCUT2D eigenvalue weighted by molar-refractivity contribution is 0.890. The monoisotopic (exact) mass is 284 g/mol. The van der Waals surface area contributed by atoms with Gasteiger partial charge < -0.3 is 5.73 Å². The molecule has 0 radical (unpaired) electrons. The number of benzene rings is 1. The molecule has 0 aliphatic rings. The minimum absolute atomic E-state index is 0.708. The van der Waals surface area contributed by atoms with Crippen LogP contribution in [0.2, 0.25) is 0 Å². The van der Waals surface area contributed by atoms with E-state index < -0.39 is 0 Å². The van der Waals surface area contributed by atoms with Crippen LogP contribution in [0.1, 0.15) is 19.8 Å². The van der Waals surface area contributed by atoms with E-state index in [1.54, 1.807) is 18.0 Å². The van der Waals surface area contributed by atoms with Crippen LogP contribution in [-0.4, -0.2) is 20.7 Å². The third-order valence-electron chi connectivity index (χ3n) is 3.23. The van der Waals surface area contributed by atoms with Gasteiger partial charge in [-0.25, -0.2) is 9.97 Å². The number of aromatic nitrogens is 3. The fraction of sp³-hybridized carbons (Fsp3) is 0.267. The molecule has 2 aromatic heterocycles. The van der Waals surface area contributed by atoms with E-state index in [1.165, 1.54) is 12.8 Å². The Morgan fingerprint density at radius 3 is 3.00 bits per heavy atom. The summed E-state index contributed by atoms with van der Waals surface area (Å²) in [5.74, 6) is 1.04. The van der Waals surface area contributed by atoms with Gasteiger partial charge in [0.1, 0.15) is 0 Å². The number of anilines is 1. The molecule has 0 aliphatic carbocycles. The van der Waals surface area contributed by atoms with Gasteiger partial charge in [-0.15, -0.1) is 0 Å². The predicted octanol–water partition coefficient (Wildman–Crippen LogP) is 3.65. The maximum absolute atomic E-state index is 6.25. The number of nitrogen functional groups attached to an aromatic ring is 1. The van der Waals surface area contributed by atoms with E-state index in [9.17, 15) is 0 Å². The van der Waals surface area contributed by atoms with E-state index in [-0.39, 0.29) is 0 Å². The van der Waals surface area contributed by atoms with Crippen molar-refractivity contribution < 1.29 is 0 Å². The molecule has 0 atom stereocenters. The third kappa shape index (κ3) is 2.41.